The van der Waals surface area contributed by atoms with E-state index in [4.69, 9.17) is 17.3 Å². The van der Waals surface area contributed by atoms with Crippen LogP contribution in [-0.2, 0) is 0 Å². The van der Waals surface area contributed by atoms with Gasteiger partial charge >= 0.3 is 0 Å². The van der Waals surface area contributed by atoms with Crippen LogP contribution in [0.5, 0.6) is 0 Å². The van der Waals surface area contributed by atoms with Gasteiger partial charge in [0, 0.05) is 16.6 Å². The van der Waals surface area contributed by atoms with E-state index in [2.05, 4.69) is 21.2 Å². The molecule has 0 atom stereocenters. The molecular formula is C11H14BrClN2O. The second-order valence-electron chi connectivity index (χ2n) is 4.14. The van der Waals surface area contributed by atoms with Gasteiger partial charge in [0.2, 0.25) is 0 Å². The van der Waals surface area contributed by atoms with Crippen LogP contribution in [0.15, 0.2) is 22.7 Å². The van der Waals surface area contributed by atoms with Gasteiger partial charge in [-0.3, -0.25) is 4.79 Å². The number of amides is 1. The number of hydrogen-bond acceptors (Lipinski definition) is 2. The maximum Gasteiger partial charge on any atom is 0.253 e. The number of rotatable bonds is 3. The molecule has 0 saturated carbocycles. The molecule has 1 amide bonds. The van der Waals surface area contributed by atoms with Gasteiger partial charge in [0.25, 0.3) is 5.91 Å². The Labute approximate surface area is 108 Å². The summed E-state index contributed by atoms with van der Waals surface area (Å²) in [5, 5.41) is 3.23. The third kappa shape index (κ3) is 3.20. The van der Waals surface area contributed by atoms with Crippen LogP contribution in [0, 0.1) is 0 Å². The largest absolute Gasteiger partial charge is 0.346 e. The molecule has 0 heterocycles. The number of benzene rings is 1. The smallest absolute Gasteiger partial charge is 0.253 e. The van der Waals surface area contributed by atoms with Crippen molar-refractivity contribution in [3.63, 3.8) is 0 Å². The Balaban J connectivity index is 2.94. The summed E-state index contributed by atoms with van der Waals surface area (Å²) in [5.41, 5.74) is 5.54. The van der Waals surface area contributed by atoms with Gasteiger partial charge in [0.15, 0.2) is 0 Å². The van der Waals surface area contributed by atoms with Crippen LogP contribution < -0.4 is 11.1 Å². The summed E-state index contributed by atoms with van der Waals surface area (Å²) < 4.78 is 0.701. The monoisotopic (exact) mass is 304 g/mol. The highest BCUT2D eigenvalue weighted by molar-refractivity contribution is 9.10. The molecule has 88 valence electrons. The molecule has 5 heteroatoms. The van der Waals surface area contributed by atoms with Gasteiger partial charge in [0.1, 0.15) is 0 Å². The third-order valence-electron chi connectivity index (χ3n) is 2.16. The molecule has 3 nitrogen and oxygen atoms in total. The van der Waals surface area contributed by atoms with E-state index in [0.29, 0.717) is 21.6 Å². The van der Waals surface area contributed by atoms with Crippen molar-refractivity contribution in [2.24, 2.45) is 5.73 Å². The molecule has 0 saturated heterocycles. The Morgan fingerprint density at radius 2 is 2.19 bits per heavy atom. The molecule has 0 fully saturated rings. The van der Waals surface area contributed by atoms with Gasteiger partial charge in [-0.15, -0.1) is 0 Å². The van der Waals surface area contributed by atoms with Crippen LogP contribution in [0.4, 0.5) is 0 Å². The fraction of sp³-hybridized carbons (Fsp3) is 0.364. The molecule has 0 radical (unpaired) electrons. The number of hydrogen-bond donors (Lipinski definition) is 2. The summed E-state index contributed by atoms with van der Waals surface area (Å²) in [5.74, 6) is -0.221. The lowest BCUT2D eigenvalue weighted by Gasteiger charge is -2.24. The molecule has 0 spiro atoms. The van der Waals surface area contributed by atoms with Crippen LogP contribution in [0.2, 0.25) is 5.02 Å². The number of halogens is 2. The average Bonchev–Trinajstić information content (AvgIpc) is 2.21. The first-order valence-corrected chi connectivity index (χ1v) is 6.01. The summed E-state index contributed by atoms with van der Waals surface area (Å²) in [6.45, 7) is 4.08. The van der Waals surface area contributed by atoms with E-state index in [9.17, 15) is 4.79 Å². The van der Waals surface area contributed by atoms with Crippen LogP contribution in [0.25, 0.3) is 0 Å². The van der Waals surface area contributed by atoms with Gasteiger partial charge in [-0.2, -0.15) is 0 Å². The van der Waals surface area contributed by atoms with Crippen molar-refractivity contribution in [1.29, 1.82) is 0 Å². The van der Waals surface area contributed by atoms with Crippen molar-refractivity contribution in [2.45, 2.75) is 19.4 Å². The highest BCUT2D eigenvalue weighted by Crippen LogP contribution is 2.26. The molecule has 0 aliphatic heterocycles. The minimum absolute atomic E-state index is 0.221. The molecule has 0 bridgehead atoms. The standard InChI is InChI=1S/C11H14BrClN2O/c1-11(2,6-14)15-10(16)7-4-3-5-8(12)9(7)13/h3-5H,6,14H2,1-2H3,(H,15,16). The second-order valence-corrected chi connectivity index (χ2v) is 5.38. The lowest BCUT2D eigenvalue weighted by Crippen LogP contribution is -2.48. The molecule has 0 unspecified atom stereocenters. The van der Waals surface area contributed by atoms with E-state index < -0.39 is 5.54 Å². The Morgan fingerprint density at radius 1 is 1.56 bits per heavy atom. The first-order chi connectivity index (χ1) is 7.37. The van der Waals surface area contributed by atoms with Gasteiger partial charge in [-0.05, 0) is 41.9 Å². The first kappa shape index (κ1) is 13.5. The molecule has 3 N–H and O–H groups in total. The molecule has 0 aromatic heterocycles. The topological polar surface area (TPSA) is 55.1 Å². The number of nitrogens with one attached hydrogen (secondary N) is 1. The van der Waals surface area contributed by atoms with Crippen molar-refractivity contribution >= 4 is 33.4 Å². The van der Waals surface area contributed by atoms with E-state index in [0.717, 1.165) is 0 Å². The number of carbonyl (C=O) groups is 1. The SMILES string of the molecule is CC(C)(CN)NC(=O)c1cccc(Br)c1Cl. The van der Waals surface area contributed by atoms with Crippen LogP contribution in [-0.4, -0.2) is 18.0 Å². The van der Waals surface area contributed by atoms with Crippen molar-refractivity contribution < 1.29 is 4.79 Å². The van der Waals surface area contributed by atoms with E-state index in [-0.39, 0.29) is 5.91 Å². The number of carbonyl (C=O) groups excluding carboxylic acids is 1. The zero-order valence-corrected chi connectivity index (χ0v) is 11.5. The van der Waals surface area contributed by atoms with Crippen LogP contribution >= 0.6 is 27.5 Å². The zero-order chi connectivity index (χ0) is 12.3. The summed E-state index contributed by atoms with van der Waals surface area (Å²) in [6.07, 6.45) is 0. The van der Waals surface area contributed by atoms with Gasteiger partial charge in [-0.25, -0.2) is 0 Å². The van der Waals surface area contributed by atoms with Crippen LogP contribution in [0.1, 0.15) is 24.2 Å². The van der Waals surface area contributed by atoms with E-state index >= 15 is 0 Å². The minimum Gasteiger partial charge on any atom is -0.346 e. The molecule has 0 aliphatic carbocycles. The summed E-state index contributed by atoms with van der Waals surface area (Å²) in [7, 11) is 0. The Hall–Kier alpha value is -0.580. The fourth-order valence-electron chi connectivity index (χ4n) is 1.10. The van der Waals surface area contributed by atoms with Gasteiger partial charge < -0.3 is 11.1 Å². The predicted molar refractivity (Wildman–Crippen MR) is 69.8 cm³/mol. The Kier molecular flexibility index (Phi) is 4.35. The van der Waals surface area contributed by atoms with Crippen molar-refractivity contribution in [1.82, 2.24) is 5.32 Å². The summed E-state index contributed by atoms with van der Waals surface area (Å²) >= 11 is 9.30. The highest BCUT2D eigenvalue weighted by Gasteiger charge is 2.21. The first-order valence-electron chi connectivity index (χ1n) is 4.84. The normalized spacial score (nSPS) is 11.3. The van der Waals surface area contributed by atoms with Crippen LogP contribution in [0.3, 0.4) is 0 Å². The third-order valence-corrected chi connectivity index (χ3v) is 3.45. The van der Waals surface area contributed by atoms with E-state index in [1.807, 2.05) is 13.8 Å². The molecule has 1 rings (SSSR count). The average molecular weight is 306 g/mol. The lowest BCUT2D eigenvalue weighted by atomic mass is 10.1. The minimum atomic E-state index is -0.442. The van der Waals surface area contributed by atoms with Crippen molar-refractivity contribution in [2.75, 3.05) is 6.54 Å². The summed E-state index contributed by atoms with van der Waals surface area (Å²) in [6, 6.07) is 5.22. The quantitative estimate of drug-likeness (QED) is 0.902. The lowest BCUT2D eigenvalue weighted by molar-refractivity contribution is 0.0916. The molecule has 1 aromatic carbocycles. The number of nitrogens with two attached hydrogens (primary N) is 1. The van der Waals surface area contributed by atoms with Gasteiger partial charge in [-0.1, -0.05) is 17.7 Å². The van der Waals surface area contributed by atoms with Gasteiger partial charge in [0.05, 0.1) is 10.6 Å². The fourth-order valence-corrected chi connectivity index (χ4v) is 1.68. The maximum atomic E-state index is 11.9. The van der Waals surface area contributed by atoms with E-state index in [1.54, 1.807) is 18.2 Å². The predicted octanol–water partition coefficient (Wildman–Crippen LogP) is 2.57. The highest BCUT2D eigenvalue weighted by atomic mass is 79.9. The Bertz CT molecular complexity index is 407. The zero-order valence-electron chi connectivity index (χ0n) is 9.18. The summed E-state index contributed by atoms with van der Waals surface area (Å²) in [4.78, 5) is 11.9. The molecule has 16 heavy (non-hydrogen) atoms. The Morgan fingerprint density at radius 3 is 2.75 bits per heavy atom. The molecule has 1 aromatic rings. The maximum absolute atomic E-state index is 11.9. The molecule has 0 aliphatic rings. The van der Waals surface area contributed by atoms with Crippen molar-refractivity contribution in [3.05, 3.63) is 33.3 Å². The van der Waals surface area contributed by atoms with Crippen molar-refractivity contribution in [3.8, 4) is 0 Å². The van der Waals surface area contributed by atoms with E-state index in [1.165, 1.54) is 0 Å². The second kappa shape index (κ2) is 5.17. The molecular weight excluding hydrogens is 291 g/mol.